The summed E-state index contributed by atoms with van der Waals surface area (Å²) < 4.78 is 10.5. The van der Waals surface area contributed by atoms with E-state index < -0.39 is 22.5 Å². The van der Waals surface area contributed by atoms with Crippen molar-refractivity contribution in [2.24, 2.45) is 17.1 Å². The van der Waals surface area contributed by atoms with Crippen LogP contribution in [0.15, 0.2) is 0 Å². The van der Waals surface area contributed by atoms with E-state index in [1.165, 1.54) is 0 Å². The molecule has 2 aliphatic carbocycles. The van der Waals surface area contributed by atoms with E-state index in [0.29, 0.717) is 6.42 Å². The van der Waals surface area contributed by atoms with E-state index in [1.807, 2.05) is 20.8 Å². The fourth-order valence-electron chi connectivity index (χ4n) is 2.78. The number of carbonyl (C=O) groups is 2. The summed E-state index contributed by atoms with van der Waals surface area (Å²) in [5.41, 5.74) is 3.53. The monoisotopic (exact) mass is 269 g/mol. The molecule has 0 spiro atoms. The summed E-state index contributed by atoms with van der Waals surface area (Å²) in [4.78, 5) is 24.4. The van der Waals surface area contributed by atoms with Gasteiger partial charge in [0.15, 0.2) is 0 Å². The summed E-state index contributed by atoms with van der Waals surface area (Å²) in [5.74, 6) is -0.664. The lowest BCUT2D eigenvalue weighted by molar-refractivity contribution is -0.166. The fourth-order valence-corrected chi connectivity index (χ4v) is 2.78. The van der Waals surface area contributed by atoms with E-state index >= 15 is 0 Å². The molecule has 0 heterocycles. The quantitative estimate of drug-likeness (QED) is 0.780. The lowest BCUT2D eigenvalue weighted by atomic mass is 9.93. The smallest absolute Gasteiger partial charge is 0.327 e. The average Bonchev–Trinajstić information content (AvgIpc) is 3.09. The highest BCUT2D eigenvalue weighted by molar-refractivity contribution is 5.98. The minimum Gasteiger partial charge on any atom is -0.465 e. The van der Waals surface area contributed by atoms with Gasteiger partial charge in [0.2, 0.25) is 0 Å². The maximum absolute atomic E-state index is 12.4. The molecular formula is C14H23NO4. The van der Waals surface area contributed by atoms with Crippen molar-refractivity contribution in [1.29, 1.82) is 0 Å². The van der Waals surface area contributed by atoms with Crippen molar-refractivity contribution >= 4 is 11.9 Å². The van der Waals surface area contributed by atoms with Crippen LogP contribution in [0.4, 0.5) is 0 Å². The zero-order chi connectivity index (χ0) is 14.5. The Morgan fingerprint density at radius 2 is 1.84 bits per heavy atom. The van der Waals surface area contributed by atoms with E-state index in [1.54, 1.807) is 6.92 Å². The average molecular weight is 269 g/mol. The molecule has 5 nitrogen and oxygen atoms in total. The van der Waals surface area contributed by atoms with Crippen molar-refractivity contribution in [2.45, 2.75) is 58.1 Å². The summed E-state index contributed by atoms with van der Waals surface area (Å²) in [6, 6.07) is 0. The maximum atomic E-state index is 12.4. The molecule has 0 saturated heterocycles. The number of ether oxygens (including phenoxy) is 2. The Bertz CT molecular complexity index is 410. The molecule has 0 radical (unpaired) electrons. The molecule has 2 N–H and O–H groups in total. The van der Waals surface area contributed by atoms with Crippen LogP contribution >= 0.6 is 0 Å². The van der Waals surface area contributed by atoms with E-state index in [4.69, 9.17) is 15.2 Å². The second-order valence-corrected chi connectivity index (χ2v) is 6.62. The number of hydrogen-bond donors (Lipinski definition) is 1. The fraction of sp³-hybridized carbons (Fsp3) is 0.857. The number of carbonyl (C=O) groups excluding carboxylic acids is 2. The van der Waals surface area contributed by atoms with Crippen LogP contribution in [0.5, 0.6) is 0 Å². The normalized spacial score (nSPS) is 33.7. The lowest BCUT2D eigenvalue weighted by Crippen LogP contribution is -2.46. The molecule has 2 fully saturated rings. The molecule has 19 heavy (non-hydrogen) atoms. The predicted molar refractivity (Wildman–Crippen MR) is 69.2 cm³/mol. The maximum Gasteiger partial charge on any atom is 0.327 e. The Hall–Kier alpha value is -1.10. The second-order valence-electron chi connectivity index (χ2n) is 6.62. The molecule has 2 saturated carbocycles. The SMILES string of the molecule is CCOC(=O)[C@@]1(N)C[C@]1(C(=O)OC(C)(C)C)C1CC1. The van der Waals surface area contributed by atoms with Crippen molar-refractivity contribution in [3.63, 3.8) is 0 Å². The van der Waals surface area contributed by atoms with Crippen LogP contribution in [0, 0.1) is 11.3 Å². The van der Waals surface area contributed by atoms with Crippen LogP contribution in [0.1, 0.15) is 47.0 Å². The van der Waals surface area contributed by atoms with Crippen LogP contribution in [0.25, 0.3) is 0 Å². The molecule has 0 aromatic heterocycles. The van der Waals surface area contributed by atoms with E-state index in [-0.39, 0.29) is 18.5 Å². The minimum atomic E-state index is -1.19. The second kappa shape index (κ2) is 4.20. The molecule has 2 rings (SSSR count). The van der Waals surface area contributed by atoms with E-state index in [9.17, 15) is 9.59 Å². The molecule has 0 aromatic rings. The molecule has 2 atom stereocenters. The predicted octanol–water partition coefficient (Wildman–Crippen LogP) is 1.39. The zero-order valence-corrected chi connectivity index (χ0v) is 12.1. The molecule has 0 unspecified atom stereocenters. The number of hydrogen-bond acceptors (Lipinski definition) is 5. The minimum absolute atomic E-state index is 0.164. The van der Waals surface area contributed by atoms with Gasteiger partial charge in [0.25, 0.3) is 0 Å². The number of esters is 2. The number of rotatable bonds is 4. The Morgan fingerprint density at radius 3 is 2.26 bits per heavy atom. The van der Waals surface area contributed by atoms with Crippen LogP contribution < -0.4 is 5.73 Å². The summed E-state index contributed by atoms with van der Waals surface area (Å²) >= 11 is 0. The van der Waals surface area contributed by atoms with Gasteiger partial charge in [-0.25, -0.2) is 0 Å². The van der Waals surface area contributed by atoms with Gasteiger partial charge in [-0.15, -0.1) is 0 Å². The highest BCUT2D eigenvalue weighted by Crippen LogP contribution is 2.67. The molecule has 0 aromatic carbocycles. The first kappa shape index (κ1) is 14.3. The van der Waals surface area contributed by atoms with Crippen LogP contribution in [-0.2, 0) is 19.1 Å². The molecular weight excluding hydrogens is 246 g/mol. The lowest BCUT2D eigenvalue weighted by Gasteiger charge is -2.26. The summed E-state index contributed by atoms with van der Waals surface area (Å²) in [6.45, 7) is 7.45. The largest absolute Gasteiger partial charge is 0.465 e. The number of nitrogens with two attached hydrogens (primary N) is 1. The molecule has 2 aliphatic rings. The van der Waals surface area contributed by atoms with Crippen molar-refractivity contribution in [1.82, 2.24) is 0 Å². The third-order valence-electron chi connectivity index (χ3n) is 3.91. The third kappa shape index (κ3) is 2.24. The summed E-state index contributed by atoms with van der Waals surface area (Å²) in [5, 5.41) is 0. The van der Waals surface area contributed by atoms with Gasteiger partial charge in [0, 0.05) is 0 Å². The van der Waals surface area contributed by atoms with Crippen molar-refractivity contribution in [2.75, 3.05) is 6.61 Å². The first-order valence-electron chi connectivity index (χ1n) is 6.87. The topological polar surface area (TPSA) is 78.6 Å². The van der Waals surface area contributed by atoms with Gasteiger partial charge < -0.3 is 15.2 Å². The highest BCUT2D eigenvalue weighted by atomic mass is 16.6. The Kier molecular flexibility index (Phi) is 3.16. The van der Waals surface area contributed by atoms with Crippen molar-refractivity contribution in [3.05, 3.63) is 0 Å². The molecule has 0 amide bonds. The Labute approximate surface area is 113 Å². The Balaban J connectivity index is 2.18. The molecule has 0 aliphatic heterocycles. The van der Waals surface area contributed by atoms with Gasteiger partial charge in [0.1, 0.15) is 16.6 Å². The van der Waals surface area contributed by atoms with Gasteiger partial charge in [-0.1, -0.05) is 0 Å². The Morgan fingerprint density at radius 1 is 1.26 bits per heavy atom. The van der Waals surface area contributed by atoms with Gasteiger partial charge >= 0.3 is 11.9 Å². The third-order valence-corrected chi connectivity index (χ3v) is 3.91. The first-order valence-corrected chi connectivity index (χ1v) is 6.87. The molecule has 5 heteroatoms. The van der Waals surface area contributed by atoms with E-state index in [0.717, 1.165) is 12.8 Å². The standard InChI is InChI=1S/C14H23NO4/c1-5-18-11(17)14(15)8-13(14,9-6-7-9)10(16)19-12(2,3)4/h9H,5-8,15H2,1-4H3/t13-,14+/m1/s1. The van der Waals surface area contributed by atoms with Gasteiger partial charge in [0.05, 0.1) is 6.61 Å². The summed E-state index contributed by atoms with van der Waals surface area (Å²) in [7, 11) is 0. The summed E-state index contributed by atoms with van der Waals surface area (Å²) in [6.07, 6.45) is 2.20. The van der Waals surface area contributed by atoms with Gasteiger partial charge in [-0.3, -0.25) is 9.59 Å². The molecule has 0 bridgehead atoms. The zero-order valence-electron chi connectivity index (χ0n) is 12.1. The van der Waals surface area contributed by atoms with Crippen LogP contribution in [-0.4, -0.2) is 29.7 Å². The first-order chi connectivity index (χ1) is 8.67. The molecule has 108 valence electrons. The van der Waals surface area contributed by atoms with E-state index in [2.05, 4.69) is 0 Å². The van der Waals surface area contributed by atoms with Gasteiger partial charge in [-0.05, 0) is 52.9 Å². The van der Waals surface area contributed by atoms with Crippen molar-refractivity contribution in [3.8, 4) is 0 Å². The highest BCUT2D eigenvalue weighted by Gasteiger charge is 2.80. The van der Waals surface area contributed by atoms with Gasteiger partial charge in [-0.2, -0.15) is 0 Å². The van der Waals surface area contributed by atoms with Crippen LogP contribution in [0.3, 0.4) is 0 Å². The van der Waals surface area contributed by atoms with Crippen LogP contribution in [0.2, 0.25) is 0 Å². The van der Waals surface area contributed by atoms with Crippen molar-refractivity contribution < 1.29 is 19.1 Å².